The van der Waals surface area contributed by atoms with Crippen LogP contribution in [0.2, 0.25) is 5.15 Å². The molecule has 3 aromatic heterocycles. The molecule has 0 unspecified atom stereocenters. The third-order valence-corrected chi connectivity index (χ3v) is 3.60. The quantitative estimate of drug-likeness (QED) is 0.534. The van der Waals surface area contributed by atoms with E-state index in [1.165, 1.54) is 6.20 Å². The molecule has 0 aliphatic heterocycles. The Labute approximate surface area is 142 Å². The first-order valence-electron chi connectivity index (χ1n) is 7.04. The lowest BCUT2D eigenvalue weighted by atomic mass is 10.1. The van der Waals surface area contributed by atoms with E-state index in [-0.39, 0.29) is 17.7 Å². The second-order valence-corrected chi connectivity index (χ2v) is 5.37. The number of rotatable bonds is 4. The molecular weight excluding hydrogens is 330 g/mol. The Bertz CT molecular complexity index is 906. The summed E-state index contributed by atoms with van der Waals surface area (Å²) in [4.78, 5) is 16.3. The SMILES string of the molecule is Cc1oc(-n2cccc2)c(C#N)c1C(=O)OCc1ccc(Cl)nc1. The van der Waals surface area contributed by atoms with Crippen molar-refractivity contribution in [2.75, 3.05) is 0 Å². The summed E-state index contributed by atoms with van der Waals surface area (Å²) in [6.45, 7) is 1.64. The van der Waals surface area contributed by atoms with E-state index < -0.39 is 5.97 Å². The monoisotopic (exact) mass is 341 g/mol. The molecule has 0 spiro atoms. The number of nitrogens with zero attached hydrogens (tertiary/aromatic N) is 3. The van der Waals surface area contributed by atoms with Gasteiger partial charge in [-0.1, -0.05) is 17.7 Å². The van der Waals surface area contributed by atoms with Crippen molar-refractivity contribution in [3.63, 3.8) is 0 Å². The van der Waals surface area contributed by atoms with E-state index in [2.05, 4.69) is 4.98 Å². The van der Waals surface area contributed by atoms with Gasteiger partial charge in [0.2, 0.25) is 5.88 Å². The second-order valence-electron chi connectivity index (χ2n) is 4.98. The zero-order valence-electron chi connectivity index (χ0n) is 12.7. The molecule has 6 nitrogen and oxygen atoms in total. The van der Waals surface area contributed by atoms with Crippen molar-refractivity contribution in [3.05, 3.63) is 70.5 Å². The van der Waals surface area contributed by atoms with Crippen LogP contribution in [0.3, 0.4) is 0 Å². The number of nitriles is 1. The molecular formula is C17H12ClN3O3. The molecule has 0 saturated heterocycles. The molecule has 120 valence electrons. The molecule has 0 bridgehead atoms. The summed E-state index contributed by atoms with van der Waals surface area (Å²) in [7, 11) is 0. The number of furan rings is 1. The minimum atomic E-state index is -0.624. The Morgan fingerprint density at radius 2 is 2.17 bits per heavy atom. The van der Waals surface area contributed by atoms with E-state index in [0.717, 1.165) is 0 Å². The molecule has 0 fully saturated rings. The lowest BCUT2D eigenvalue weighted by molar-refractivity contribution is 0.0470. The largest absolute Gasteiger partial charge is 0.457 e. The van der Waals surface area contributed by atoms with Crippen molar-refractivity contribution in [3.8, 4) is 12.0 Å². The maximum Gasteiger partial charge on any atom is 0.343 e. The minimum Gasteiger partial charge on any atom is -0.457 e. The van der Waals surface area contributed by atoms with Gasteiger partial charge in [-0.15, -0.1) is 0 Å². The summed E-state index contributed by atoms with van der Waals surface area (Å²) in [5.74, 6) is -0.00394. The van der Waals surface area contributed by atoms with E-state index in [1.807, 2.05) is 6.07 Å². The molecule has 3 aromatic rings. The maximum absolute atomic E-state index is 12.4. The van der Waals surface area contributed by atoms with Gasteiger partial charge in [0, 0.05) is 24.2 Å². The Hall–Kier alpha value is -3.04. The fraction of sp³-hybridized carbons (Fsp3) is 0.118. The maximum atomic E-state index is 12.4. The number of carbonyl (C=O) groups is 1. The first kappa shape index (κ1) is 15.8. The molecule has 3 heterocycles. The summed E-state index contributed by atoms with van der Waals surface area (Å²) in [6.07, 6.45) is 4.98. The summed E-state index contributed by atoms with van der Waals surface area (Å²) in [5.41, 5.74) is 0.962. The highest BCUT2D eigenvalue weighted by Gasteiger charge is 2.25. The molecule has 0 N–H and O–H groups in total. The zero-order chi connectivity index (χ0) is 17.1. The standard InChI is InChI=1S/C17H12ClN3O3/c1-11-15(13(8-19)16(24-11)21-6-2-3-7-21)17(22)23-10-12-4-5-14(18)20-9-12/h2-7,9H,10H2,1H3. The highest BCUT2D eigenvalue weighted by molar-refractivity contribution is 6.29. The number of aromatic nitrogens is 2. The predicted octanol–water partition coefficient (Wildman–Crippen LogP) is 3.66. The Kier molecular flexibility index (Phi) is 4.36. The van der Waals surface area contributed by atoms with E-state index in [4.69, 9.17) is 20.8 Å². The third-order valence-electron chi connectivity index (χ3n) is 3.38. The van der Waals surface area contributed by atoms with Crippen LogP contribution in [0.25, 0.3) is 5.88 Å². The van der Waals surface area contributed by atoms with Crippen molar-refractivity contribution < 1.29 is 13.9 Å². The summed E-state index contributed by atoms with van der Waals surface area (Å²) in [5, 5.41) is 9.78. The average Bonchev–Trinajstić information content (AvgIpc) is 3.21. The smallest absolute Gasteiger partial charge is 0.343 e. The summed E-state index contributed by atoms with van der Waals surface area (Å²) in [6, 6.07) is 8.93. The van der Waals surface area contributed by atoms with Gasteiger partial charge >= 0.3 is 5.97 Å². The number of hydrogen-bond donors (Lipinski definition) is 0. The van der Waals surface area contributed by atoms with Crippen LogP contribution < -0.4 is 0 Å². The van der Waals surface area contributed by atoms with E-state index in [1.54, 1.807) is 48.1 Å². The topological polar surface area (TPSA) is 81.0 Å². The molecule has 0 saturated carbocycles. The highest BCUT2D eigenvalue weighted by atomic mass is 35.5. The number of halogens is 1. The second kappa shape index (κ2) is 6.60. The Morgan fingerprint density at radius 1 is 1.42 bits per heavy atom. The molecule has 0 atom stereocenters. The number of aryl methyl sites for hydroxylation is 1. The Morgan fingerprint density at radius 3 is 2.79 bits per heavy atom. The van der Waals surface area contributed by atoms with Crippen molar-refractivity contribution >= 4 is 17.6 Å². The van der Waals surface area contributed by atoms with Crippen LogP contribution >= 0.6 is 11.6 Å². The van der Waals surface area contributed by atoms with Gasteiger partial charge in [-0.05, 0) is 25.1 Å². The van der Waals surface area contributed by atoms with Gasteiger partial charge < -0.3 is 9.15 Å². The van der Waals surface area contributed by atoms with Crippen LogP contribution in [0.1, 0.15) is 27.2 Å². The van der Waals surface area contributed by atoms with Gasteiger partial charge in [0.1, 0.15) is 34.7 Å². The molecule has 24 heavy (non-hydrogen) atoms. The lowest BCUT2D eigenvalue weighted by Crippen LogP contribution is -2.08. The zero-order valence-corrected chi connectivity index (χ0v) is 13.4. The average molecular weight is 342 g/mol. The number of pyridine rings is 1. The molecule has 0 aliphatic carbocycles. The van der Waals surface area contributed by atoms with Crippen LogP contribution in [0.5, 0.6) is 0 Å². The fourth-order valence-corrected chi connectivity index (χ4v) is 2.36. The summed E-state index contributed by atoms with van der Waals surface area (Å²) >= 11 is 5.71. The molecule has 0 radical (unpaired) electrons. The number of carbonyl (C=O) groups excluding carboxylic acids is 1. The van der Waals surface area contributed by atoms with Crippen LogP contribution in [-0.4, -0.2) is 15.5 Å². The lowest BCUT2D eigenvalue weighted by Gasteiger charge is -2.04. The van der Waals surface area contributed by atoms with Gasteiger partial charge in [0.25, 0.3) is 0 Å². The summed E-state index contributed by atoms with van der Waals surface area (Å²) < 4.78 is 12.5. The molecule has 0 aliphatic rings. The molecule has 0 amide bonds. The molecule has 3 rings (SSSR count). The Balaban J connectivity index is 1.85. The van der Waals surface area contributed by atoms with Crippen molar-refractivity contribution in [1.29, 1.82) is 5.26 Å². The van der Waals surface area contributed by atoms with Gasteiger partial charge in [-0.2, -0.15) is 5.26 Å². The van der Waals surface area contributed by atoms with E-state index in [9.17, 15) is 10.1 Å². The fourth-order valence-electron chi connectivity index (χ4n) is 2.24. The molecule has 7 heteroatoms. The number of esters is 1. The number of hydrogen-bond acceptors (Lipinski definition) is 5. The molecule has 0 aromatic carbocycles. The first-order chi connectivity index (χ1) is 11.6. The van der Waals surface area contributed by atoms with Gasteiger partial charge in [0.05, 0.1) is 0 Å². The van der Waals surface area contributed by atoms with Crippen LogP contribution in [0.4, 0.5) is 0 Å². The normalized spacial score (nSPS) is 10.4. The van der Waals surface area contributed by atoms with Crippen LogP contribution in [0.15, 0.2) is 47.3 Å². The van der Waals surface area contributed by atoms with E-state index >= 15 is 0 Å². The minimum absolute atomic E-state index is 0.0251. The predicted molar refractivity (Wildman–Crippen MR) is 85.9 cm³/mol. The highest BCUT2D eigenvalue weighted by Crippen LogP contribution is 2.26. The van der Waals surface area contributed by atoms with Crippen molar-refractivity contribution in [2.45, 2.75) is 13.5 Å². The van der Waals surface area contributed by atoms with Gasteiger partial charge in [-0.3, -0.25) is 4.57 Å². The van der Waals surface area contributed by atoms with Crippen molar-refractivity contribution in [2.24, 2.45) is 0 Å². The number of ether oxygens (including phenoxy) is 1. The van der Waals surface area contributed by atoms with Crippen molar-refractivity contribution in [1.82, 2.24) is 9.55 Å². The van der Waals surface area contributed by atoms with E-state index in [0.29, 0.717) is 22.4 Å². The van der Waals surface area contributed by atoms with Gasteiger partial charge in [0.15, 0.2) is 0 Å². The van der Waals surface area contributed by atoms with Crippen LogP contribution in [0, 0.1) is 18.3 Å². The van der Waals surface area contributed by atoms with Crippen LogP contribution in [-0.2, 0) is 11.3 Å². The van der Waals surface area contributed by atoms with Gasteiger partial charge in [-0.25, -0.2) is 9.78 Å². The first-order valence-corrected chi connectivity index (χ1v) is 7.42. The third kappa shape index (κ3) is 3.03.